The number of nitrogen functional groups attached to an aromatic ring is 1. The number of phenolic OH excluding ortho intramolecular Hbond substituents is 2. The lowest BCUT2D eigenvalue weighted by atomic mass is 10.1. The van der Waals surface area contributed by atoms with Gasteiger partial charge in [-0.05, 0) is 35.7 Å². The Balaban J connectivity index is 0.000000148. The van der Waals surface area contributed by atoms with Crippen molar-refractivity contribution in [2.45, 2.75) is 0 Å². The zero-order chi connectivity index (χ0) is 13.7. The summed E-state index contributed by atoms with van der Waals surface area (Å²) in [6.07, 6.45) is 0. The van der Waals surface area contributed by atoms with Gasteiger partial charge in [0.15, 0.2) is 0 Å². The zero-order valence-electron chi connectivity index (χ0n) is 10.3. The summed E-state index contributed by atoms with van der Waals surface area (Å²) < 4.78 is 0. The molecule has 3 nitrogen and oxygen atoms in total. The van der Waals surface area contributed by atoms with Crippen molar-refractivity contribution in [3.8, 4) is 11.5 Å². The molecule has 0 aliphatic rings. The summed E-state index contributed by atoms with van der Waals surface area (Å²) in [4.78, 5) is 0. The molecule has 0 saturated heterocycles. The monoisotopic (exact) mass is 253 g/mol. The van der Waals surface area contributed by atoms with Crippen LogP contribution in [0.1, 0.15) is 0 Å². The Morgan fingerprint density at radius 1 is 0.632 bits per heavy atom. The van der Waals surface area contributed by atoms with Crippen LogP contribution in [-0.2, 0) is 0 Å². The lowest BCUT2D eigenvalue weighted by molar-refractivity contribution is 0.460. The average molecular weight is 253 g/mol. The molecule has 0 aliphatic heterocycles. The van der Waals surface area contributed by atoms with Crippen LogP contribution in [0.25, 0.3) is 10.8 Å². The molecule has 0 spiro atoms. The highest BCUT2D eigenvalue weighted by atomic mass is 16.3. The Labute approximate surface area is 111 Å². The van der Waals surface area contributed by atoms with E-state index in [1.165, 1.54) is 29.7 Å². The van der Waals surface area contributed by atoms with E-state index in [-0.39, 0.29) is 11.5 Å². The number of phenols is 2. The van der Waals surface area contributed by atoms with Gasteiger partial charge in [-0.1, -0.05) is 36.4 Å². The molecule has 0 amide bonds. The Hall–Kier alpha value is -2.68. The fourth-order valence-electron chi connectivity index (χ4n) is 1.70. The molecule has 19 heavy (non-hydrogen) atoms. The van der Waals surface area contributed by atoms with Crippen molar-refractivity contribution in [3.05, 3.63) is 66.7 Å². The van der Waals surface area contributed by atoms with Crippen LogP contribution in [0.2, 0.25) is 0 Å². The van der Waals surface area contributed by atoms with E-state index in [1.807, 2.05) is 30.3 Å². The first kappa shape index (κ1) is 12.8. The minimum Gasteiger partial charge on any atom is -0.508 e. The van der Waals surface area contributed by atoms with Gasteiger partial charge in [-0.15, -0.1) is 0 Å². The van der Waals surface area contributed by atoms with Crippen molar-refractivity contribution >= 4 is 16.5 Å². The first-order valence-corrected chi connectivity index (χ1v) is 5.88. The summed E-state index contributed by atoms with van der Waals surface area (Å²) in [5.41, 5.74) is 6.61. The fraction of sp³-hybridized carbons (Fsp3) is 0. The highest BCUT2D eigenvalue weighted by Gasteiger charge is 1.92. The molecule has 0 bridgehead atoms. The quantitative estimate of drug-likeness (QED) is 0.424. The highest BCUT2D eigenvalue weighted by molar-refractivity contribution is 5.92. The molecular formula is C16H15NO2. The predicted octanol–water partition coefficient (Wildman–Crippen LogP) is 3.52. The number of aromatic hydroxyl groups is 2. The molecule has 0 unspecified atom stereocenters. The molecule has 3 aromatic rings. The molecular weight excluding hydrogens is 238 g/mol. The molecule has 3 heteroatoms. The lowest BCUT2D eigenvalue weighted by Crippen LogP contribution is -1.84. The summed E-state index contributed by atoms with van der Waals surface area (Å²) in [5, 5.41) is 19.6. The topological polar surface area (TPSA) is 66.5 Å². The van der Waals surface area contributed by atoms with Gasteiger partial charge in [0.1, 0.15) is 11.5 Å². The van der Waals surface area contributed by atoms with Crippen LogP contribution in [0.15, 0.2) is 66.7 Å². The Bertz CT molecular complexity index is 637. The van der Waals surface area contributed by atoms with Gasteiger partial charge >= 0.3 is 0 Å². The normalized spacial score (nSPS) is 9.68. The molecule has 3 aromatic carbocycles. The summed E-state index contributed by atoms with van der Waals surface area (Å²) >= 11 is 0. The second kappa shape index (κ2) is 5.78. The molecule has 0 aliphatic carbocycles. The third-order valence-corrected chi connectivity index (χ3v) is 2.67. The second-order valence-corrected chi connectivity index (χ2v) is 4.08. The number of rotatable bonds is 0. The van der Waals surface area contributed by atoms with Crippen LogP contribution in [0, 0.1) is 0 Å². The average Bonchev–Trinajstić information content (AvgIpc) is 2.44. The number of hydrogen-bond acceptors (Lipinski definition) is 3. The SMILES string of the molecule is Nc1cccc2ccccc12.Oc1ccc(O)cc1. The second-order valence-electron chi connectivity index (χ2n) is 4.08. The van der Waals surface area contributed by atoms with E-state index in [9.17, 15) is 0 Å². The van der Waals surface area contributed by atoms with Crippen LogP contribution in [0.4, 0.5) is 5.69 Å². The van der Waals surface area contributed by atoms with Crippen LogP contribution in [-0.4, -0.2) is 10.2 Å². The Kier molecular flexibility index (Phi) is 3.88. The largest absolute Gasteiger partial charge is 0.508 e. The van der Waals surface area contributed by atoms with Crippen LogP contribution >= 0.6 is 0 Å². The van der Waals surface area contributed by atoms with Gasteiger partial charge in [-0.2, -0.15) is 0 Å². The van der Waals surface area contributed by atoms with E-state index < -0.39 is 0 Å². The molecule has 0 radical (unpaired) electrons. The van der Waals surface area contributed by atoms with Crippen molar-refractivity contribution in [3.63, 3.8) is 0 Å². The van der Waals surface area contributed by atoms with Crippen molar-refractivity contribution in [1.82, 2.24) is 0 Å². The molecule has 0 aromatic heterocycles. The van der Waals surface area contributed by atoms with Gasteiger partial charge in [0, 0.05) is 11.1 Å². The Morgan fingerprint density at radius 2 is 1.16 bits per heavy atom. The van der Waals surface area contributed by atoms with Gasteiger partial charge in [-0.3, -0.25) is 0 Å². The van der Waals surface area contributed by atoms with E-state index in [0.717, 1.165) is 11.1 Å². The predicted molar refractivity (Wildman–Crippen MR) is 78.1 cm³/mol. The van der Waals surface area contributed by atoms with Gasteiger partial charge < -0.3 is 15.9 Å². The van der Waals surface area contributed by atoms with Crippen molar-refractivity contribution < 1.29 is 10.2 Å². The standard InChI is InChI=1S/C10H9N.C6H6O2/c11-10-7-3-5-8-4-1-2-6-9(8)10;7-5-1-2-6(8)4-3-5/h1-7H,11H2;1-4,7-8H. The van der Waals surface area contributed by atoms with E-state index in [2.05, 4.69) is 12.1 Å². The minimum absolute atomic E-state index is 0.169. The van der Waals surface area contributed by atoms with Crippen molar-refractivity contribution in [2.75, 3.05) is 5.73 Å². The molecule has 0 saturated carbocycles. The summed E-state index contributed by atoms with van der Waals surface area (Å²) in [6.45, 7) is 0. The summed E-state index contributed by atoms with van der Waals surface area (Å²) in [7, 11) is 0. The fourth-order valence-corrected chi connectivity index (χ4v) is 1.70. The number of hydrogen-bond donors (Lipinski definition) is 3. The van der Waals surface area contributed by atoms with Crippen LogP contribution in [0.5, 0.6) is 11.5 Å². The van der Waals surface area contributed by atoms with Crippen molar-refractivity contribution in [1.29, 1.82) is 0 Å². The maximum absolute atomic E-state index is 8.65. The van der Waals surface area contributed by atoms with Crippen molar-refractivity contribution in [2.24, 2.45) is 0 Å². The van der Waals surface area contributed by atoms with E-state index in [1.54, 1.807) is 0 Å². The molecule has 0 fully saturated rings. The number of benzene rings is 3. The van der Waals surface area contributed by atoms with E-state index in [0.29, 0.717) is 0 Å². The minimum atomic E-state index is 0.169. The summed E-state index contributed by atoms with van der Waals surface area (Å²) in [6, 6.07) is 19.8. The highest BCUT2D eigenvalue weighted by Crippen LogP contribution is 2.19. The third kappa shape index (κ3) is 3.39. The molecule has 0 heterocycles. The first-order valence-electron chi connectivity index (χ1n) is 5.88. The first-order chi connectivity index (χ1) is 9.16. The maximum atomic E-state index is 8.65. The van der Waals surface area contributed by atoms with Gasteiger partial charge in [0.2, 0.25) is 0 Å². The number of nitrogens with two attached hydrogens (primary N) is 1. The van der Waals surface area contributed by atoms with Gasteiger partial charge in [-0.25, -0.2) is 0 Å². The van der Waals surface area contributed by atoms with E-state index >= 15 is 0 Å². The van der Waals surface area contributed by atoms with Gasteiger partial charge in [0.05, 0.1) is 0 Å². The number of anilines is 1. The third-order valence-electron chi connectivity index (χ3n) is 2.67. The molecule has 96 valence electrons. The van der Waals surface area contributed by atoms with Crippen LogP contribution < -0.4 is 5.73 Å². The molecule has 3 rings (SSSR count). The van der Waals surface area contributed by atoms with E-state index in [4.69, 9.17) is 15.9 Å². The number of fused-ring (bicyclic) bond motifs is 1. The zero-order valence-corrected chi connectivity index (χ0v) is 10.3. The van der Waals surface area contributed by atoms with Crippen LogP contribution in [0.3, 0.4) is 0 Å². The Morgan fingerprint density at radius 3 is 1.74 bits per heavy atom. The van der Waals surface area contributed by atoms with Gasteiger partial charge in [0.25, 0.3) is 0 Å². The summed E-state index contributed by atoms with van der Waals surface area (Å²) in [5.74, 6) is 0.339. The molecule has 4 N–H and O–H groups in total. The smallest absolute Gasteiger partial charge is 0.115 e. The molecule has 0 atom stereocenters. The maximum Gasteiger partial charge on any atom is 0.115 e. The lowest BCUT2D eigenvalue weighted by Gasteiger charge is -1.98.